The molecule has 1 aliphatic carbocycles. The number of amides is 8. The highest BCUT2D eigenvalue weighted by atomic mass is 32.7. The molecule has 0 unspecified atom stereocenters. The molecule has 2 saturated heterocycles. The largest absolute Gasteiger partial charge is 0.474 e. The van der Waals surface area contributed by atoms with Gasteiger partial charge in [0.2, 0.25) is 35.5 Å². The molecule has 6 heterocycles. The van der Waals surface area contributed by atoms with Gasteiger partial charge in [-0.1, -0.05) is 68.7 Å². The number of nitrogens with zero attached hydrogens (tertiary/aromatic N) is 7. The zero-order valence-electron chi connectivity index (χ0n) is 59.8. The van der Waals surface area contributed by atoms with Crippen LogP contribution >= 0.6 is 38.1 Å². The molecule has 7 N–H and O–H groups in total. The van der Waals surface area contributed by atoms with E-state index in [4.69, 9.17) is 56.0 Å². The average Bonchev–Trinajstić information content (AvgIpc) is 1.60. The van der Waals surface area contributed by atoms with Crippen LogP contribution in [0.15, 0.2) is 90.4 Å². The maximum absolute atomic E-state index is 14.1. The maximum atomic E-state index is 14.1. The molecule has 3 aliphatic heterocycles. The van der Waals surface area contributed by atoms with Crippen LogP contribution in [0.25, 0.3) is 11.2 Å². The number of aromatic amines is 1. The average molecular weight is 1590 g/mol. The molecule has 37 nitrogen and oxygen atoms in total. The van der Waals surface area contributed by atoms with Gasteiger partial charge < -0.3 is 73.7 Å². The minimum Gasteiger partial charge on any atom is -0.474 e. The standard InChI is InChI=1S/C67H89N13O24P2S2/c1-40(2)55(74-62(87)48(12-8-9-22-79-53(82)17-18-54(79)83)73-51(81)20-23-94-26-27-96-30-31-97-29-28-95-25-24-93-5)63(88)71-41(3)60(85)72-45-15-13-42(14-16-45)35-98-67(90)78(4)34-43-10-6-7-11-47(43)61(86)76-66-75-59-56(64(89)77-66)70-39-80(59)65-58-57(84)50(102-65)37-100-105(91,107)103-49-33-46(101-52-19-21-68-38-69-52)32-44(49)36-99-106(92,108)104-58/h6-7,10-11,13-19,21,38-41,44,46,48-50,55,57-58,65,84H,8-9,12,20,22-37H2,1-5H3,(H,71,88)(H,72,85)(H,73,81)(H,74,87)(H,91,107)(H,92,108)(H2,75,76,77,86,89)/t41-,44+,46+,48-,49-,50-,55-,57+,58+,65+,105+,106+/m0/s1. The predicted octanol–water partition coefficient (Wildman–Crippen LogP) is 4.21. The van der Waals surface area contributed by atoms with Gasteiger partial charge in [0.05, 0.1) is 85.1 Å². The summed E-state index contributed by atoms with van der Waals surface area (Å²) in [6, 6.07) is 10.8. The lowest BCUT2D eigenvalue weighted by molar-refractivity contribution is -0.137. The van der Waals surface area contributed by atoms with Crippen molar-refractivity contribution in [3.63, 3.8) is 0 Å². The lowest BCUT2D eigenvalue weighted by atomic mass is 10.0. The summed E-state index contributed by atoms with van der Waals surface area (Å²) < 4.78 is 96.7. The van der Waals surface area contributed by atoms with Gasteiger partial charge in [0, 0.05) is 81.7 Å². The van der Waals surface area contributed by atoms with Crippen molar-refractivity contribution in [2.45, 2.75) is 127 Å². The molecule has 1 saturated carbocycles. The number of rotatable bonds is 37. The zero-order valence-corrected chi connectivity index (χ0v) is 63.4. The van der Waals surface area contributed by atoms with E-state index in [0.717, 1.165) is 11.2 Å². The topological polar surface area (TPSA) is 458 Å². The van der Waals surface area contributed by atoms with Crippen LogP contribution in [0.3, 0.4) is 0 Å². The number of nitrogens with one attached hydrogen (secondary N) is 6. The van der Waals surface area contributed by atoms with Crippen molar-refractivity contribution in [3.05, 3.63) is 113 Å². The van der Waals surface area contributed by atoms with Crippen molar-refractivity contribution in [1.29, 1.82) is 0 Å². The Labute approximate surface area is 630 Å². The van der Waals surface area contributed by atoms with Gasteiger partial charge in [0.1, 0.15) is 55.5 Å². The first-order chi connectivity index (χ1) is 51.7. The van der Waals surface area contributed by atoms with Crippen LogP contribution in [0.4, 0.5) is 16.4 Å². The number of H-pyrrole nitrogens is 1. The quantitative estimate of drug-likeness (QED) is 0.0116. The van der Waals surface area contributed by atoms with Gasteiger partial charge in [-0.25, -0.2) is 28.9 Å². The number of carbonyl (C=O) groups is 8. The summed E-state index contributed by atoms with van der Waals surface area (Å²) in [4.78, 5) is 141. The third kappa shape index (κ3) is 24.7. The van der Waals surface area contributed by atoms with Gasteiger partial charge in [-0.05, 0) is 67.9 Å². The number of methoxy groups -OCH3 is 1. The molecule has 108 heavy (non-hydrogen) atoms. The van der Waals surface area contributed by atoms with Crippen LogP contribution in [-0.4, -0.2) is 234 Å². The van der Waals surface area contributed by atoms with Crippen molar-refractivity contribution in [1.82, 2.24) is 55.2 Å². The second-order valence-corrected chi connectivity index (χ2v) is 31.4. The van der Waals surface area contributed by atoms with Gasteiger partial charge in [-0.2, -0.15) is 4.98 Å². The van der Waals surface area contributed by atoms with E-state index in [1.54, 1.807) is 69.5 Å². The van der Waals surface area contributed by atoms with Crippen LogP contribution < -0.4 is 36.9 Å². The van der Waals surface area contributed by atoms with Crippen molar-refractivity contribution < 1.29 is 109 Å². The van der Waals surface area contributed by atoms with Gasteiger partial charge in [0.15, 0.2) is 17.4 Å². The van der Waals surface area contributed by atoms with Crippen LogP contribution in [0.1, 0.15) is 87.0 Å². The monoisotopic (exact) mass is 1590 g/mol. The third-order valence-electron chi connectivity index (χ3n) is 17.3. The molecular formula is C67H89N13O24P2S2. The Balaban J connectivity index is 0.737. The van der Waals surface area contributed by atoms with E-state index in [0.29, 0.717) is 69.3 Å². The number of aromatic nitrogens is 6. The van der Waals surface area contributed by atoms with Crippen LogP contribution in [0, 0.1) is 11.8 Å². The highest BCUT2D eigenvalue weighted by Gasteiger charge is 2.51. The van der Waals surface area contributed by atoms with Gasteiger partial charge in [0.25, 0.3) is 23.3 Å². The maximum Gasteiger partial charge on any atom is 0.410 e. The molecule has 9 rings (SSSR count). The molecule has 588 valence electrons. The van der Waals surface area contributed by atoms with E-state index in [1.165, 1.54) is 54.2 Å². The number of aliphatic hydroxyl groups is 1. The van der Waals surface area contributed by atoms with E-state index in [9.17, 15) is 57.4 Å². The summed E-state index contributed by atoms with van der Waals surface area (Å²) in [6.07, 6.45) is -0.814. The zero-order chi connectivity index (χ0) is 77.5. The first kappa shape index (κ1) is 83.9. The first-order valence-electron chi connectivity index (χ1n) is 34.7. The minimum absolute atomic E-state index is 0.0171. The Hall–Kier alpha value is -8.11. The summed E-state index contributed by atoms with van der Waals surface area (Å²) in [7, 11) is 3.04. The number of carbonyl (C=O) groups excluding carboxylic acids is 8. The number of ether oxygens (including phenoxy) is 8. The Morgan fingerprint density at radius 2 is 1.44 bits per heavy atom. The normalized spacial score (nSPS) is 23.0. The molecule has 41 heteroatoms. The summed E-state index contributed by atoms with van der Waals surface area (Å²) in [5.41, 5.74) is 0.0225. The second kappa shape index (κ2) is 40.5. The third-order valence-corrected chi connectivity index (χ3v) is 20.6. The summed E-state index contributed by atoms with van der Waals surface area (Å²) in [5, 5.41) is 25.0. The van der Waals surface area contributed by atoms with Crippen molar-refractivity contribution in [2.75, 3.05) is 104 Å². The van der Waals surface area contributed by atoms with E-state index in [1.807, 2.05) is 0 Å². The van der Waals surface area contributed by atoms with Gasteiger partial charge in [-0.15, -0.1) is 0 Å². The highest BCUT2D eigenvalue weighted by molar-refractivity contribution is 8.44. The summed E-state index contributed by atoms with van der Waals surface area (Å²) >= 11 is 8.44. The lowest BCUT2D eigenvalue weighted by Gasteiger charge is -2.26. The van der Waals surface area contributed by atoms with Crippen molar-refractivity contribution in [3.8, 4) is 5.88 Å². The Morgan fingerprint density at radius 1 is 0.769 bits per heavy atom. The molecule has 2 aromatic carbocycles. The molecular weight excluding hydrogens is 1500 g/mol. The number of thiol groups is 2. The fraction of sp³-hybridized carbons (Fsp3) is 0.537. The molecule has 3 aromatic heterocycles. The molecule has 2 bridgehead atoms. The number of hydrogen-bond acceptors (Lipinski definition) is 28. The van der Waals surface area contributed by atoms with Gasteiger partial charge >= 0.3 is 19.7 Å². The summed E-state index contributed by atoms with van der Waals surface area (Å²) in [5.74, 6) is -5.31. The molecule has 8 amide bonds. The molecule has 0 spiro atoms. The lowest BCUT2D eigenvalue weighted by Crippen LogP contribution is -2.57. The minimum atomic E-state index is -4.40. The number of imidazole rings is 1. The van der Waals surface area contributed by atoms with Crippen molar-refractivity contribution in [2.24, 2.45) is 11.8 Å². The highest BCUT2D eigenvalue weighted by Crippen LogP contribution is 2.60. The van der Waals surface area contributed by atoms with E-state index >= 15 is 0 Å². The van der Waals surface area contributed by atoms with Crippen molar-refractivity contribution >= 4 is 108 Å². The number of fused-ring (bicyclic) bond motifs is 4. The number of anilines is 2. The number of unbranched alkanes of at least 4 members (excludes halogenated alkanes) is 1. The number of benzene rings is 2. The second-order valence-electron chi connectivity index (χ2n) is 25.7. The fourth-order valence-corrected chi connectivity index (χ4v) is 14.7. The fourth-order valence-electron chi connectivity index (χ4n) is 11.7. The number of aliphatic hydroxyl groups excluding tert-OH is 1. The van der Waals surface area contributed by atoms with Crippen LogP contribution in [0.2, 0.25) is 0 Å². The number of imide groups is 1. The van der Waals surface area contributed by atoms with Gasteiger partial charge in [-0.3, -0.25) is 71.7 Å². The van der Waals surface area contributed by atoms with E-state index < -0.39 is 140 Å². The molecule has 0 radical (unpaired) electrons. The van der Waals surface area contributed by atoms with E-state index in [2.05, 4.69) is 76.0 Å². The van der Waals surface area contributed by atoms with Crippen LogP contribution in [0.5, 0.6) is 5.88 Å². The smallest absolute Gasteiger partial charge is 0.410 e. The Morgan fingerprint density at radius 3 is 2.13 bits per heavy atom. The van der Waals surface area contributed by atoms with E-state index in [-0.39, 0.29) is 100 Å². The molecule has 4 aliphatic rings. The summed E-state index contributed by atoms with van der Waals surface area (Å²) in [6.45, 7) is -1.96. The Kier molecular flexibility index (Phi) is 31.5. The molecule has 3 fully saturated rings. The van der Waals surface area contributed by atoms with Crippen LogP contribution in [-0.2, 0) is 102 Å². The molecule has 12 atom stereocenters. The SMILES string of the molecule is COCCOCCOCCOCCOCCC(=O)N[C@@H](CCCCN1C(=O)C=CC1=O)C(=O)N[C@H](C(=O)N[C@@H](C)C(=O)Nc1ccc(COC(=O)N(C)Cc2ccccc2C(=O)Nc2nc3c(ncn3[C@@H]3O[C@H]4CO[P@@](=O)(S)O[C@H]5C[C@H](Oc6ccncn6)C[C@@H]5CO[P@@](=O)(S)O[C@@H]3[C@@H]4O)c(=O)[nH]2)cc1)C(C)C. The predicted molar refractivity (Wildman–Crippen MR) is 389 cm³/mol. The molecule has 5 aromatic rings. The Bertz CT molecular complexity index is 4090. The first-order valence-corrected chi connectivity index (χ1v) is 40.1. The number of hydrogen-bond donors (Lipinski definition) is 9.